The van der Waals surface area contributed by atoms with Crippen LogP contribution in [0.1, 0.15) is 32.3 Å². The summed E-state index contributed by atoms with van der Waals surface area (Å²) in [4.78, 5) is 26.1. The van der Waals surface area contributed by atoms with E-state index in [9.17, 15) is 9.59 Å². The predicted octanol–water partition coefficient (Wildman–Crippen LogP) is 3.64. The van der Waals surface area contributed by atoms with Crippen LogP contribution in [0.3, 0.4) is 0 Å². The van der Waals surface area contributed by atoms with Crippen molar-refractivity contribution >= 4 is 46.3 Å². The maximum Gasteiger partial charge on any atom is 0.326 e. The summed E-state index contributed by atoms with van der Waals surface area (Å²) in [6.45, 7) is 4.69. The van der Waals surface area contributed by atoms with Crippen molar-refractivity contribution in [2.45, 2.75) is 26.7 Å². The SMILES string of the molecule is CCCOC(=O)CN1C(=O)C(=Cc2ccc(OCCC)c(OC)c2)SC1=S. The lowest BCUT2D eigenvalue weighted by Gasteiger charge is -2.13. The molecule has 146 valence electrons. The number of esters is 1. The summed E-state index contributed by atoms with van der Waals surface area (Å²) < 4.78 is 16.4. The number of nitrogens with zero attached hydrogens (tertiary/aromatic N) is 1. The van der Waals surface area contributed by atoms with Crippen LogP contribution in [0.5, 0.6) is 11.5 Å². The monoisotopic (exact) mass is 409 g/mol. The third kappa shape index (κ3) is 5.71. The Kier molecular flexibility index (Phi) is 8.12. The summed E-state index contributed by atoms with van der Waals surface area (Å²) in [6.07, 6.45) is 3.35. The van der Waals surface area contributed by atoms with Crippen molar-refractivity contribution in [3.05, 3.63) is 28.7 Å². The Morgan fingerprint density at radius 1 is 1.22 bits per heavy atom. The molecule has 8 heteroatoms. The van der Waals surface area contributed by atoms with Crippen LogP contribution >= 0.6 is 24.0 Å². The fraction of sp³-hybridized carbons (Fsp3) is 0.421. The maximum absolute atomic E-state index is 12.6. The normalized spacial score (nSPS) is 15.4. The van der Waals surface area contributed by atoms with Gasteiger partial charge in [-0.3, -0.25) is 14.5 Å². The highest BCUT2D eigenvalue weighted by Crippen LogP contribution is 2.34. The molecule has 0 N–H and O–H groups in total. The van der Waals surface area contributed by atoms with Crippen LogP contribution in [0.15, 0.2) is 23.1 Å². The van der Waals surface area contributed by atoms with Gasteiger partial charge in [-0.2, -0.15) is 0 Å². The van der Waals surface area contributed by atoms with Gasteiger partial charge < -0.3 is 14.2 Å². The number of hydrogen-bond acceptors (Lipinski definition) is 7. The molecule has 2 rings (SSSR count). The fourth-order valence-corrected chi connectivity index (χ4v) is 3.54. The average molecular weight is 410 g/mol. The van der Waals surface area contributed by atoms with Crippen LogP contribution in [0.2, 0.25) is 0 Å². The molecular weight excluding hydrogens is 386 g/mol. The molecule has 0 unspecified atom stereocenters. The first-order valence-electron chi connectivity index (χ1n) is 8.72. The van der Waals surface area contributed by atoms with E-state index in [1.807, 2.05) is 26.0 Å². The van der Waals surface area contributed by atoms with E-state index in [-0.39, 0.29) is 12.5 Å². The first-order valence-corrected chi connectivity index (χ1v) is 9.94. The van der Waals surface area contributed by atoms with Crippen molar-refractivity contribution in [2.75, 3.05) is 26.9 Å². The van der Waals surface area contributed by atoms with Crippen molar-refractivity contribution in [2.24, 2.45) is 0 Å². The number of carbonyl (C=O) groups excluding carboxylic acids is 2. The van der Waals surface area contributed by atoms with Gasteiger partial charge in [0.05, 0.1) is 25.2 Å². The quantitative estimate of drug-likeness (QED) is 0.350. The average Bonchev–Trinajstić information content (AvgIpc) is 2.92. The third-order valence-electron chi connectivity index (χ3n) is 3.58. The summed E-state index contributed by atoms with van der Waals surface area (Å²) in [5.74, 6) is 0.482. The third-order valence-corrected chi connectivity index (χ3v) is 4.95. The molecule has 1 fully saturated rings. The fourth-order valence-electron chi connectivity index (χ4n) is 2.28. The standard InChI is InChI=1S/C19H23NO5S2/c1-4-8-24-14-7-6-13(10-15(14)23-3)11-16-18(22)20(19(26)27-16)12-17(21)25-9-5-2/h6-7,10-11H,4-5,8-9,12H2,1-3H3. The van der Waals surface area contributed by atoms with E-state index in [0.29, 0.717) is 33.9 Å². The molecule has 0 spiro atoms. The Morgan fingerprint density at radius 3 is 2.63 bits per heavy atom. The van der Waals surface area contributed by atoms with Gasteiger partial charge in [0.25, 0.3) is 5.91 Å². The van der Waals surface area contributed by atoms with Crippen LogP contribution in [0.25, 0.3) is 6.08 Å². The van der Waals surface area contributed by atoms with Crippen LogP contribution < -0.4 is 9.47 Å². The van der Waals surface area contributed by atoms with Crippen molar-refractivity contribution < 1.29 is 23.8 Å². The van der Waals surface area contributed by atoms with Gasteiger partial charge in [0, 0.05) is 0 Å². The zero-order chi connectivity index (χ0) is 19.8. The van der Waals surface area contributed by atoms with Gasteiger partial charge in [-0.1, -0.05) is 43.9 Å². The van der Waals surface area contributed by atoms with E-state index in [1.54, 1.807) is 19.3 Å². The molecule has 27 heavy (non-hydrogen) atoms. The van der Waals surface area contributed by atoms with Gasteiger partial charge in [0.2, 0.25) is 0 Å². The Labute approximate surface area is 168 Å². The summed E-state index contributed by atoms with van der Waals surface area (Å²) in [6, 6.07) is 5.45. The molecule has 1 heterocycles. The zero-order valence-electron chi connectivity index (χ0n) is 15.6. The molecule has 1 aliphatic rings. The molecule has 1 amide bonds. The van der Waals surface area contributed by atoms with E-state index in [1.165, 1.54) is 4.90 Å². The molecule has 1 aliphatic heterocycles. The minimum Gasteiger partial charge on any atom is -0.493 e. The second kappa shape index (κ2) is 10.3. The lowest BCUT2D eigenvalue weighted by atomic mass is 10.2. The summed E-state index contributed by atoms with van der Waals surface area (Å²) in [7, 11) is 1.57. The summed E-state index contributed by atoms with van der Waals surface area (Å²) in [5, 5.41) is 0. The lowest BCUT2D eigenvalue weighted by Crippen LogP contribution is -2.34. The number of ether oxygens (including phenoxy) is 3. The molecule has 0 aliphatic carbocycles. The van der Waals surface area contributed by atoms with E-state index < -0.39 is 5.97 Å². The van der Waals surface area contributed by atoms with Crippen molar-refractivity contribution in [1.82, 2.24) is 4.90 Å². The highest BCUT2D eigenvalue weighted by molar-refractivity contribution is 8.26. The lowest BCUT2D eigenvalue weighted by molar-refractivity contribution is -0.146. The Morgan fingerprint density at radius 2 is 1.96 bits per heavy atom. The van der Waals surface area contributed by atoms with Gasteiger partial charge in [-0.25, -0.2) is 0 Å². The van der Waals surface area contributed by atoms with E-state index in [0.717, 1.165) is 30.2 Å². The first kappa shape index (κ1) is 21.2. The van der Waals surface area contributed by atoms with Crippen molar-refractivity contribution in [1.29, 1.82) is 0 Å². The number of rotatable bonds is 9. The first-order chi connectivity index (χ1) is 13.0. The van der Waals surface area contributed by atoms with Crippen LogP contribution in [0, 0.1) is 0 Å². The number of thiocarbonyl (C=S) groups is 1. The molecule has 0 aromatic heterocycles. The van der Waals surface area contributed by atoms with Gasteiger partial charge >= 0.3 is 5.97 Å². The van der Waals surface area contributed by atoms with Crippen molar-refractivity contribution in [3.8, 4) is 11.5 Å². The number of amides is 1. The van der Waals surface area contributed by atoms with Crippen LogP contribution in [-0.4, -0.2) is 48.0 Å². The van der Waals surface area contributed by atoms with Crippen molar-refractivity contribution in [3.63, 3.8) is 0 Å². The number of thioether (sulfide) groups is 1. The Hall–Kier alpha value is -2.06. The molecular formula is C19H23NO5S2. The van der Waals surface area contributed by atoms with E-state index in [4.69, 9.17) is 26.4 Å². The number of methoxy groups -OCH3 is 1. The van der Waals surface area contributed by atoms with Crippen LogP contribution in [-0.2, 0) is 14.3 Å². The second-order valence-electron chi connectivity index (χ2n) is 5.75. The highest BCUT2D eigenvalue weighted by Gasteiger charge is 2.33. The second-order valence-corrected chi connectivity index (χ2v) is 7.42. The maximum atomic E-state index is 12.6. The van der Waals surface area contributed by atoms with E-state index >= 15 is 0 Å². The van der Waals surface area contributed by atoms with E-state index in [2.05, 4.69) is 0 Å². The molecule has 1 aromatic rings. The molecule has 1 saturated heterocycles. The minimum atomic E-state index is -0.464. The van der Waals surface area contributed by atoms with Gasteiger partial charge in [-0.05, 0) is 36.6 Å². The predicted molar refractivity (Wildman–Crippen MR) is 110 cm³/mol. The number of hydrogen-bond donors (Lipinski definition) is 0. The minimum absolute atomic E-state index is 0.172. The molecule has 1 aromatic carbocycles. The topological polar surface area (TPSA) is 65.1 Å². The summed E-state index contributed by atoms with van der Waals surface area (Å²) in [5.41, 5.74) is 0.782. The Bertz CT molecular complexity index is 748. The Balaban J connectivity index is 2.13. The molecule has 0 atom stereocenters. The van der Waals surface area contributed by atoms with Gasteiger partial charge in [0.15, 0.2) is 11.5 Å². The zero-order valence-corrected chi connectivity index (χ0v) is 17.3. The van der Waals surface area contributed by atoms with Crippen LogP contribution in [0.4, 0.5) is 0 Å². The molecule has 0 bridgehead atoms. The number of benzene rings is 1. The molecule has 6 nitrogen and oxygen atoms in total. The molecule has 0 radical (unpaired) electrons. The summed E-state index contributed by atoms with van der Waals surface area (Å²) >= 11 is 6.40. The highest BCUT2D eigenvalue weighted by atomic mass is 32.2. The largest absolute Gasteiger partial charge is 0.493 e. The number of carbonyl (C=O) groups is 2. The smallest absolute Gasteiger partial charge is 0.326 e. The van der Waals surface area contributed by atoms with Gasteiger partial charge in [-0.15, -0.1) is 0 Å². The molecule has 0 saturated carbocycles. The van der Waals surface area contributed by atoms with Gasteiger partial charge in [0.1, 0.15) is 10.9 Å².